The molecule has 0 aromatic carbocycles. The van der Waals surface area contributed by atoms with Crippen LogP contribution in [0.5, 0.6) is 0 Å². The van der Waals surface area contributed by atoms with Gasteiger partial charge in [-0.3, -0.25) is 5.32 Å². The first kappa shape index (κ1) is 10.4. The second-order valence-electron chi connectivity index (χ2n) is 2.19. The lowest BCUT2D eigenvalue weighted by Gasteiger charge is -2.00. The molecule has 2 N–H and O–H groups in total. The minimum atomic E-state index is -1.38. The van der Waals surface area contributed by atoms with Gasteiger partial charge in [-0.1, -0.05) is 0 Å². The van der Waals surface area contributed by atoms with Crippen molar-refractivity contribution in [2.75, 3.05) is 5.32 Å². The van der Waals surface area contributed by atoms with Gasteiger partial charge in [-0.2, -0.15) is 0 Å². The minimum Gasteiger partial charge on any atom is -0.465 e. The van der Waals surface area contributed by atoms with Crippen molar-refractivity contribution in [1.29, 1.82) is 0 Å². The normalized spacial score (nSPS) is 9.50. The minimum absolute atomic E-state index is 0.161. The number of nitro groups is 1. The molecule has 0 radical (unpaired) electrons. The molecular weight excluding hydrogens is 258 g/mol. The third-order valence-corrected chi connectivity index (χ3v) is 1.70. The van der Waals surface area contributed by atoms with Crippen molar-refractivity contribution in [3.8, 4) is 0 Å². The molecule has 0 saturated heterocycles. The molecule has 14 heavy (non-hydrogen) atoms. The lowest BCUT2D eigenvalue weighted by atomic mass is 10.4. The summed E-state index contributed by atoms with van der Waals surface area (Å²) in [6.07, 6.45) is -1.38. The van der Waals surface area contributed by atoms with E-state index in [0.717, 1.165) is 0 Å². The number of nitrogens with one attached hydrogen (secondary N) is 1. The van der Waals surface area contributed by atoms with E-state index >= 15 is 0 Å². The summed E-state index contributed by atoms with van der Waals surface area (Å²) in [6, 6.07) is 2.65. The fourth-order valence-electron chi connectivity index (χ4n) is 0.777. The highest BCUT2D eigenvalue weighted by Crippen LogP contribution is 2.23. The quantitative estimate of drug-likeness (QED) is 0.480. The molecule has 0 spiro atoms. The van der Waals surface area contributed by atoms with Crippen molar-refractivity contribution in [1.82, 2.24) is 4.98 Å². The Morgan fingerprint density at radius 2 is 2.29 bits per heavy atom. The zero-order chi connectivity index (χ0) is 10.7. The number of hydrogen-bond acceptors (Lipinski definition) is 4. The lowest BCUT2D eigenvalue weighted by Crippen LogP contribution is -2.10. The van der Waals surface area contributed by atoms with E-state index < -0.39 is 16.8 Å². The molecule has 0 bridgehead atoms. The van der Waals surface area contributed by atoms with Crippen LogP contribution in [0.25, 0.3) is 0 Å². The molecule has 0 aliphatic carbocycles. The van der Waals surface area contributed by atoms with E-state index in [1.165, 1.54) is 12.1 Å². The lowest BCUT2D eigenvalue weighted by molar-refractivity contribution is -0.388. The SMILES string of the molecule is O=C(O)Nc1ccc(Br)nc1[N+](=O)[O-]. The van der Waals surface area contributed by atoms with E-state index in [1.807, 2.05) is 5.32 Å². The van der Waals surface area contributed by atoms with E-state index in [9.17, 15) is 14.9 Å². The largest absolute Gasteiger partial charge is 0.465 e. The number of aromatic nitrogens is 1. The zero-order valence-corrected chi connectivity index (χ0v) is 8.19. The van der Waals surface area contributed by atoms with Crippen LogP contribution >= 0.6 is 15.9 Å². The van der Waals surface area contributed by atoms with Gasteiger partial charge in [0.2, 0.25) is 4.60 Å². The summed E-state index contributed by atoms with van der Waals surface area (Å²) in [5.74, 6) is -0.540. The van der Waals surface area contributed by atoms with Crippen molar-refractivity contribution in [3.63, 3.8) is 0 Å². The van der Waals surface area contributed by atoms with Crippen molar-refractivity contribution in [2.45, 2.75) is 0 Å². The Balaban J connectivity index is 3.14. The number of nitrogens with zero attached hydrogens (tertiary/aromatic N) is 2. The molecule has 0 atom stereocenters. The highest BCUT2D eigenvalue weighted by atomic mass is 79.9. The maximum Gasteiger partial charge on any atom is 0.409 e. The number of anilines is 1. The molecule has 7 nitrogen and oxygen atoms in total. The van der Waals surface area contributed by atoms with Gasteiger partial charge in [0.05, 0.1) is 0 Å². The van der Waals surface area contributed by atoms with Crippen LogP contribution in [-0.4, -0.2) is 21.1 Å². The van der Waals surface area contributed by atoms with Crippen molar-refractivity contribution in [3.05, 3.63) is 26.9 Å². The third kappa shape index (κ3) is 2.39. The predicted octanol–water partition coefficient (Wildman–Crippen LogP) is 1.84. The summed E-state index contributed by atoms with van der Waals surface area (Å²) in [4.78, 5) is 23.4. The van der Waals surface area contributed by atoms with Gasteiger partial charge in [0.15, 0.2) is 0 Å². The molecular formula is C6H4BrN3O4. The Morgan fingerprint density at radius 1 is 1.64 bits per heavy atom. The molecule has 1 aromatic heterocycles. The number of hydrogen-bond donors (Lipinski definition) is 2. The Kier molecular flexibility index (Phi) is 2.97. The van der Waals surface area contributed by atoms with E-state index in [4.69, 9.17) is 5.11 Å². The first-order valence-corrected chi connectivity index (χ1v) is 4.11. The van der Waals surface area contributed by atoms with Crippen molar-refractivity contribution < 1.29 is 14.8 Å². The molecule has 0 saturated carbocycles. The topological polar surface area (TPSA) is 105 Å². The fraction of sp³-hybridized carbons (Fsp3) is 0. The smallest absolute Gasteiger partial charge is 0.409 e. The van der Waals surface area contributed by atoms with Gasteiger partial charge in [0, 0.05) is 15.9 Å². The number of rotatable bonds is 2. The molecule has 74 valence electrons. The van der Waals surface area contributed by atoms with Gasteiger partial charge in [-0.05, 0) is 22.0 Å². The number of halogens is 1. The molecule has 1 amide bonds. The Hall–Kier alpha value is -1.70. The van der Waals surface area contributed by atoms with E-state index in [1.54, 1.807) is 0 Å². The molecule has 0 aliphatic heterocycles. The standard InChI is InChI=1S/C6H4BrN3O4/c7-4-2-1-3(8-6(11)12)5(9-4)10(13)14/h1-2,8H,(H,11,12). The Morgan fingerprint density at radius 3 is 2.79 bits per heavy atom. The first-order chi connectivity index (χ1) is 6.50. The van der Waals surface area contributed by atoms with Crippen LogP contribution in [0.4, 0.5) is 16.3 Å². The maximum absolute atomic E-state index is 10.4. The van der Waals surface area contributed by atoms with Crippen LogP contribution in [-0.2, 0) is 0 Å². The van der Waals surface area contributed by atoms with Crippen LogP contribution in [0.3, 0.4) is 0 Å². The first-order valence-electron chi connectivity index (χ1n) is 3.31. The van der Waals surface area contributed by atoms with Crippen LogP contribution in [0.2, 0.25) is 0 Å². The fourth-order valence-corrected chi connectivity index (χ4v) is 1.08. The van der Waals surface area contributed by atoms with Gasteiger partial charge in [0.1, 0.15) is 5.69 Å². The summed E-state index contributed by atoms with van der Waals surface area (Å²) in [7, 11) is 0. The van der Waals surface area contributed by atoms with Gasteiger partial charge < -0.3 is 15.2 Å². The van der Waals surface area contributed by atoms with Gasteiger partial charge in [0.25, 0.3) is 0 Å². The number of carbonyl (C=O) groups is 1. The molecule has 0 unspecified atom stereocenters. The number of pyridine rings is 1. The van der Waals surface area contributed by atoms with E-state index in [0.29, 0.717) is 0 Å². The number of carboxylic acid groups (broad SMARTS) is 1. The third-order valence-electron chi connectivity index (χ3n) is 1.26. The highest BCUT2D eigenvalue weighted by molar-refractivity contribution is 9.10. The van der Waals surface area contributed by atoms with Gasteiger partial charge in [-0.25, -0.2) is 4.79 Å². The van der Waals surface area contributed by atoms with Gasteiger partial charge >= 0.3 is 11.9 Å². The van der Waals surface area contributed by atoms with Crippen LogP contribution < -0.4 is 5.32 Å². The van der Waals surface area contributed by atoms with Crippen LogP contribution in [0.15, 0.2) is 16.7 Å². The van der Waals surface area contributed by atoms with Gasteiger partial charge in [-0.15, -0.1) is 0 Å². The summed E-state index contributed by atoms with van der Waals surface area (Å²) in [5, 5.41) is 20.7. The monoisotopic (exact) mass is 261 g/mol. The van der Waals surface area contributed by atoms with Crippen molar-refractivity contribution >= 4 is 33.5 Å². The van der Waals surface area contributed by atoms with E-state index in [2.05, 4.69) is 20.9 Å². The second kappa shape index (κ2) is 4.01. The average molecular weight is 262 g/mol. The summed E-state index contributed by atoms with van der Waals surface area (Å²) < 4.78 is 0.264. The summed E-state index contributed by atoms with van der Waals surface area (Å²) >= 11 is 2.94. The predicted molar refractivity (Wildman–Crippen MR) is 50.2 cm³/mol. The average Bonchev–Trinajstić information content (AvgIpc) is 2.07. The molecule has 0 fully saturated rings. The Bertz CT molecular complexity index is 395. The molecule has 0 aliphatic rings. The van der Waals surface area contributed by atoms with E-state index in [-0.39, 0.29) is 10.3 Å². The molecule has 1 heterocycles. The summed E-state index contributed by atoms with van der Waals surface area (Å²) in [5.41, 5.74) is -0.161. The van der Waals surface area contributed by atoms with Crippen molar-refractivity contribution in [2.24, 2.45) is 0 Å². The zero-order valence-electron chi connectivity index (χ0n) is 6.60. The molecule has 1 aromatic rings. The Labute approximate surface area is 86.0 Å². The summed E-state index contributed by atoms with van der Waals surface area (Å²) in [6.45, 7) is 0. The second-order valence-corrected chi connectivity index (χ2v) is 3.00. The molecule has 1 rings (SSSR count). The molecule has 8 heteroatoms. The maximum atomic E-state index is 10.4. The van der Waals surface area contributed by atoms with Crippen LogP contribution in [0.1, 0.15) is 0 Å². The van der Waals surface area contributed by atoms with Crippen LogP contribution in [0, 0.1) is 10.1 Å². The number of amides is 1. The highest BCUT2D eigenvalue weighted by Gasteiger charge is 2.17.